The van der Waals surface area contributed by atoms with Gasteiger partial charge in [-0.2, -0.15) is 0 Å². The van der Waals surface area contributed by atoms with Crippen molar-refractivity contribution >= 4 is 23.2 Å². The molecule has 1 saturated carbocycles. The summed E-state index contributed by atoms with van der Waals surface area (Å²) in [5, 5.41) is 0.882. The minimum absolute atomic E-state index is 0.694. The monoisotopic (exact) mass is 285 g/mol. The van der Waals surface area contributed by atoms with E-state index in [1.807, 2.05) is 6.07 Å². The van der Waals surface area contributed by atoms with E-state index in [4.69, 9.17) is 23.2 Å². The van der Waals surface area contributed by atoms with Crippen LogP contribution in [0.5, 0.6) is 0 Å². The molecule has 0 amide bonds. The van der Waals surface area contributed by atoms with E-state index >= 15 is 0 Å². The van der Waals surface area contributed by atoms with Crippen LogP contribution in [0.4, 0.5) is 0 Å². The molecule has 100 valence electrons. The lowest BCUT2D eigenvalue weighted by molar-refractivity contribution is 0.201. The van der Waals surface area contributed by atoms with Gasteiger partial charge in [0.15, 0.2) is 0 Å². The fraction of sp³-hybridized carbons (Fsp3) is 0.600. The first kappa shape index (κ1) is 14.2. The highest BCUT2D eigenvalue weighted by Gasteiger charge is 2.22. The predicted octanol–water partition coefficient (Wildman–Crippen LogP) is 4.63. The van der Waals surface area contributed by atoms with E-state index in [1.54, 1.807) is 0 Å². The maximum absolute atomic E-state index is 6.32. The number of hydrogen-bond donors (Lipinski definition) is 0. The van der Waals surface area contributed by atoms with Crippen molar-refractivity contribution in [3.05, 3.63) is 34.3 Å². The summed E-state index contributed by atoms with van der Waals surface area (Å²) < 4.78 is 0. The maximum Gasteiger partial charge on any atom is 0.0453 e. The minimum atomic E-state index is 0.694. The van der Waals surface area contributed by atoms with Crippen molar-refractivity contribution in [3.8, 4) is 0 Å². The smallest absolute Gasteiger partial charge is 0.0453 e. The van der Waals surface area contributed by atoms with E-state index in [0.29, 0.717) is 11.9 Å². The lowest BCUT2D eigenvalue weighted by Crippen LogP contribution is -2.34. The summed E-state index contributed by atoms with van der Waals surface area (Å²) >= 11 is 12.3. The van der Waals surface area contributed by atoms with Crippen molar-refractivity contribution < 1.29 is 0 Å². The van der Waals surface area contributed by atoms with Gasteiger partial charge in [0, 0.05) is 30.0 Å². The molecule has 0 unspecified atom stereocenters. The Labute approximate surface area is 120 Å². The summed E-state index contributed by atoms with van der Waals surface area (Å²) in [7, 11) is 0. The SMILES string of the molecule is Cc1ccc(CN(CCCl)C2CCCC2)c(Cl)c1. The molecule has 0 aliphatic heterocycles. The average molecular weight is 286 g/mol. The van der Waals surface area contributed by atoms with Gasteiger partial charge in [0.25, 0.3) is 0 Å². The molecule has 0 heterocycles. The molecule has 1 aliphatic carbocycles. The number of aryl methyl sites for hydroxylation is 1. The molecular weight excluding hydrogens is 265 g/mol. The number of halogens is 2. The van der Waals surface area contributed by atoms with Gasteiger partial charge < -0.3 is 0 Å². The van der Waals surface area contributed by atoms with Gasteiger partial charge in [-0.3, -0.25) is 4.90 Å². The third-order valence-electron chi connectivity index (χ3n) is 3.79. The molecule has 0 saturated heterocycles. The van der Waals surface area contributed by atoms with Gasteiger partial charge in [-0.1, -0.05) is 36.6 Å². The van der Waals surface area contributed by atoms with Crippen molar-refractivity contribution in [2.24, 2.45) is 0 Å². The Hall–Kier alpha value is -0.240. The zero-order chi connectivity index (χ0) is 13.0. The lowest BCUT2D eigenvalue weighted by atomic mass is 10.1. The second-order valence-electron chi connectivity index (χ2n) is 5.19. The molecule has 0 radical (unpaired) electrons. The Bertz CT molecular complexity index is 386. The predicted molar refractivity (Wildman–Crippen MR) is 79.6 cm³/mol. The van der Waals surface area contributed by atoms with E-state index in [0.717, 1.165) is 18.1 Å². The van der Waals surface area contributed by atoms with Gasteiger partial charge in [0.1, 0.15) is 0 Å². The molecule has 18 heavy (non-hydrogen) atoms. The van der Waals surface area contributed by atoms with Gasteiger partial charge >= 0.3 is 0 Å². The average Bonchev–Trinajstić information content (AvgIpc) is 2.85. The first-order valence-corrected chi connectivity index (χ1v) is 7.67. The Kier molecular flexibility index (Phi) is 5.35. The first-order valence-electron chi connectivity index (χ1n) is 6.75. The third kappa shape index (κ3) is 3.63. The molecule has 2 rings (SSSR count). The highest BCUT2D eigenvalue weighted by molar-refractivity contribution is 6.31. The topological polar surface area (TPSA) is 3.24 Å². The molecule has 0 spiro atoms. The number of hydrogen-bond acceptors (Lipinski definition) is 1. The minimum Gasteiger partial charge on any atom is -0.295 e. The van der Waals surface area contributed by atoms with Crippen molar-refractivity contribution in [3.63, 3.8) is 0 Å². The number of alkyl halides is 1. The van der Waals surface area contributed by atoms with Crippen LogP contribution in [0.2, 0.25) is 5.02 Å². The van der Waals surface area contributed by atoms with Crippen LogP contribution >= 0.6 is 23.2 Å². The van der Waals surface area contributed by atoms with E-state index in [2.05, 4.69) is 24.0 Å². The highest BCUT2D eigenvalue weighted by Crippen LogP contribution is 2.27. The molecule has 1 aromatic rings. The molecule has 0 aromatic heterocycles. The van der Waals surface area contributed by atoms with Crippen molar-refractivity contribution in [2.75, 3.05) is 12.4 Å². The molecule has 0 bridgehead atoms. The third-order valence-corrected chi connectivity index (χ3v) is 4.32. The summed E-state index contributed by atoms with van der Waals surface area (Å²) in [6.45, 7) is 3.95. The summed E-state index contributed by atoms with van der Waals surface area (Å²) in [5.41, 5.74) is 2.44. The Morgan fingerprint density at radius 2 is 2.00 bits per heavy atom. The summed E-state index contributed by atoms with van der Waals surface area (Å²) in [6, 6.07) is 7.02. The molecule has 0 N–H and O–H groups in total. The zero-order valence-corrected chi connectivity index (χ0v) is 12.5. The van der Waals surface area contributed by atoms with Gasteiger partial charge in [0.05, 0.1) is 0 Å². The summed E-state index contributed by atoms with van der Waals surface area (Å²) in [5.74, 6) is 0.694. The summed E-state index contributed by atoms with van der Waals surface area (Å²) in [6.07, 6.45) is 5.32. The fourth-order valence-corrected chi connectivity index (χ4v) is 3.28. The Balaban J connectivity index is 2.07. The fourth-order valence-electron chi connectivity index (χ4n) is 2.77. The highest BCUT2D eigenvalue weighted by atomic mass is 35.5. The normalized spacial score (nSPS) is 16.7. The molecule has 3 heteroatoms. The Morgan fingerprint density at radius 1 is 1.28 bits per heavy atom. The number of nitrogens with zero attached hydrogens (tertiary/aromatic N) is 1. The first-order chi connectivity index (χ1) is 8.70. The summed E-state index contributed by atoms with van der Waals surface area (Å²) in [4.78, 5) is 2.50. The van der Waals surface area contributed by atoms with E-state index < -0.39 is 0 Å². The molecule has 1 aliphatic rings. The number of rotatable bonds is 5. The Morgan fingerprint density at radius 3 is 2.61 bits per heavy atom. The lowest BCUT2D eigenvalue weighted by Gasteiger charge is -2.28. The zero-order valence-electron chi connectivity index (χ0n) is 11.0. The molecule has 1 nitrogen and oxygen atoms in total. The van der Waals surface area contributed by atoms with Gasteiger partial charge in [-0.15, -0.1) is 11.6 Å². The number of benzene rings is 1. The molecule has 1 aromatic carbocycles. The molecule has 0 atom stereocenters. The van der Waals surface area contributed by atoms with Crippen LogP contribution in [0.25, 0.3) is 0 Å². The van der Waals surface area contributed by atoms with Crippen LogP contribution in [0, 0.1) is 6.92 Å². The van der Waals surface area contributed by atoms with E-state index in [9.17, 15) is 0 Å². The van der Waals surface area contributed by atoms with E-state index in [1.165, 1.54) is 36.8 Å². The standard InChI is InChI=1S/C15H21Cl2N/c1-12-6-7-13(15(17)10-12)11-18(9-8-16)14-4-2-3-5-14/h6-7,10,14H,2-5,8-9,11H2,1H3. The van der Waals surface area contributed by atoms with Crippen LogP contribution in [0.1, 0.15) is 36.8 Å². The van der Waals surface area contributed by atoms with Crippen LogP contribution in [0.3, 0.4) is 0 Å². The van der Waals surface area contributed by atoms with Gasteiger partial charge in [0.2, 0.25) is 0 Å². The second kappa shape index (κ2) is 6.79. The van der Waals surface area contributed by atoms with Crippen LogP contribution < -0.4 is 0 Å². The maximum atomic E-state index is 6.32. The van der Waals surface area contributed by atoms with Crippen molar-refractivity contribution in [1.29, 1.82) is 0 Å². The van der Waals surface area contributed by atoms with Gasteiger partial charge in [-0.25, -0.2) is 0 Å². The van der Waals surface area contributed by atoms with Crippen molar-refractivity contribution in [1.82, 2.24) is 4.90 Å². The van der Waals surface area contributed by atoms with Crippen LogP contribution in [0.15, 0.2) is 18.2 Å². The largest absolute Gasteiger partial charge is 0.295 e. The quantitative estimate of drug-likeness (QED) is 0.713. The van der Waals surface area contributed by atoms with Crippen LogP contribution in [-0.4, -0.2) is 23.4 Å². The second-order valence-corrected chi connectivity index (χ2v) is 5.98. The van der Waals surface area contributed by atoms with Gasteiger partial charge in [-0.05, 0) is 37.0 Å². The van der Waals surface area contributed by atoms with E-state index in [-0.39, 0.29) is 0 Å². The van der Waals surface area contributed by atoms with Crippen LogP contribution in [-0.2, 0) is 6.54 Å². The molecular formula is C15H21Cl2N. The van der Waals surface area contributed by atoms with Crippen molar-refractivity contribution in [2.45, 2.75) is 45.2 Å². The molecule has 1 fully saturated rings.